The molecular formula is C30H30FN3O5. The van der Waals surface area contributed by atoms with Gasteiger partial charge in [-0.1, -0.05) is 54.6 Å². The van der Waals surface area contributed by atoms with E-state index in [1.807, 2.05) is 54.6 Å². The van der Waals surface area contributed by atoms with Gasteiger partial charge in [-0.3, -0.25) is 14.5 Å². The van der Waals surface area contributed by atoms with Gasteiger partial charge in [0.05, 0.1) is 6.54 Å². The first-order valence-electron chi connectivity index (χ1n) is 13.0. The molecule has 2 aliphatic heterocycles. The molecule has 9 heteroatoms. The SMILES string of the molecule is O=C1[C@H](Cc2ccc(OCc3ccccc3)cc2)N2C(=O)CCN(C(=O)O)[C@H]2CN1CCc1cccc(F)c1. The molecule has 1 N–H and O–H groups in total. The fourth-order valence-corrected chi connectivity index (χ4v) is 5.25. The largest absolute Gasteiger partial charge is 0.489 e. The Bertz CT molecular complexity index is 1330. The van der Waals surface area contributed by atoms with E-state index in [9.17, 15) is 23.9 Å². The number of fused-ring (bicyclic) bond motifs is 1. The van der Waals surface area contributed by atoms with Gasteiger partial charge in [-0.2, -0.15) is 0 Å². The van der Waals surface area contributed by atoms with Crippen molar-refractivity contribution in [3.63, 3.8) is 0 Å². The van der Waals surface area contributed by atoms with Crippen LogP contribution in [0.15, 0.2) is 78.9 Å². The van der Waals surface area contributed by atoms with E-state index in [0.717, 1.165) is 16.7 Å². The highest BCUT2D eigenvalue weighted by Crippen LogP contribution is 2.28. The summed E-state index contributed by atoms with van der Waals surface area (Å²) in [4.78, 5) is 43.0. The molecular weight excluding hydrogens is 501 g/mol. The van der Waals surface area contributed by atoms with Crippen LogP contribution in [-0.4, -0.2) is 69.6 Å². The second kappa shape index (κ2) is 11.6. The lowest BCUT2D eigenvalue weighted by molar-refractivity contribution is -0.167. The summed E-state index contributed by atoms with van der Waals surface area (Å²) in [6, 6.07) is 22.5. The maximum absolute atomic E-state index is 13.7. The van der Waals surface area contributed by atoms with Crippen LogP contribution in [0.5, 0.6) is 5.75 Å². The van der Waals surface area contributed by atoms with Crippen LogP contribution in [0.1, 0.15) is 23.1 Å². The molecule has 0 saturated carbocycles. The van der Waals surface area contributed by atoms with Gasteiger partial charge in [0.15, 0.2) is 0 Å². The molecule has 3 aromatic rings. The third-order valence-corrected chi connectivity index (χ3v) is 7.26. The molecule has 0 spiro atoms. The van der Waals surface area contributed by atoms with Crippen molar-refractivity contribution in [1.82, 2.24) is 14.7 Å². The predicted octanol–water partition coefficient (Wildman–Crippen LogP) is 3.94. The molecule has 5 rings (SSSR count). The molecule has 8 nitrogen and oxygen atoms in total. The van der Waals surface area contributed by atoms with Crippen molar-refractivity contribution >= 4 is 17.9 Å². The molecule has 3 amide bonds. The molecule has 202 valence electrons. The van der Waals surface area contributed by atoms with Crippen molar-refractivity contribution in [2.75, 3.05) is 19.6 Å². The van der Waals surface area contributed by atoms with E-state index < -0.39 is 18.3 Å². The fraction of sp³-hybridized carbons (Fsp3) is 0.300. The van der Waals surface area contributed by atoms with E-state index in [1.54, 1.807) is 17.0 Å². The van der Waals surface area contributed by atoms with E-state index in [4.69, 9.17) is 4.74 Å². The standard InChI is InChI=1S/C30H30FN3O5/c31-24-8-4-7-21(17-24)13-15-32-19-27-33(30(37)38)16-14-28(35)34(27)26(29(32)36)18-22-9-11-25(12-10-22)39-20-23-5-2-1-3-6-23/h1-12,17,26-27H,13-16,18-20H2,(H,37,38)/t26-,27+/m0/s1. The summed E-state index contributed by atoms with van der Waals surface area (Å²) in [7, 11) is 0. The van der Waals surface area contributed by atoms with Crippen molar-refractivity contribution < 1.29 is 28.6 Å². The molecule has 2 heterocycles. The van der Waals surface area contributed by atoms with E-state index in [2.05, 4.69) is 0 Å². The van der Waals surface area contributed by atoms with Crippen molar-refractivity contribution in [3.05, 3.63) is 101 Å². The molecule has 0 unspecified atom stereocenters. The Labute approximate surface area is 226 Å². The highest BCUT2D eigenvalue weighted by atomic mass is 19.1. The summed E-state index contributed by atoms with van der Waals surface area (Å²) in [6.45, 7) is 0.879. The summed E-state index contributed by atoms with van der Waals surface area (Å²) in [5.74, 6) is -0.151. The van der Waals surface area contributed by atoms with Gasteiger partial charge in [0.1, 0.15) is 30.4 Å². The first-order valence-corrected chi connectivity index (χ1v) is 13.0. The van der Waals surface area contributed by atoms with Crippen LogP contribution >= 0.6 is 0 Å². The summed E-state index contributed by atoms with van der Waals surface area (Å²) < 4.78 is 19.5. The maximum Gasteiger partial charge on any atom is 0.409 e. The molecule has 2 saturated heterocycles. The second-order valence-corrected chi connectivity index (χ2v) is 9.81. The number of hydrogen-bond donors (Lipinski definition) is 1. The minimum atomic E-state index is -1.13. The monoisotopic (exact) mass is 531 g/mol. The van der Waals surface area contributed by atoms with E-state index in [-0.39, 0.29) is 50.1 Å². The Morgan fingerprint density at radius 1 is 0.949 bits per heavy atom. The minimum Gasteiger partial charge on any atom is -0.489 e. The van der Waals surface area contributed by atoms with Crippen LogP contribution in [0.25, 0.3) is 0 Å². The zero-order chi connectivity index (χ0) is 27.4. The summed E-state index contributed by atoms with van der Waals surface area (Å²) >= 11 is 0. The Morgan fingerprint density at radius 3 is 2.41 bits per heavy atom. The molecule has 2 atom stereocenters. The Hall–Kier alpha value is -4.40. The minimum absolute atomic E-state index is 0.0299. The molecule has 0 aliphatic carbocycles. The zero-order valence-corrected chi connectivity index (χ0v) is 21.4. The molecule has 0 bridgehead atoms. The number of amides is 3. The lowest BCUT2D eigenvalue weighted by Gasteiger charge is -2.51. The highest BCUT2D eigenvalue weighted by molar-refractivity contribution is 5.90. The average Bonchev–Trinajstić information content (AvgIpc) is 2.94. The Morgan fingerprint density at radius 2 is 1.69 bits per heavy atom. The van der Waals surface area contributed by atoms with Crippen LogP contribution in [0.3, 0.4) is 0 Å². The number of carboxylic acid groups (broad SMARTS) is 1. The predicted molar refractivity (Wildman–Crippen MR) is 141 cm³/mol. The number of halogens is 1. The first-order chi connectivity index (χ1) is 18.9. The molecule has 3 aromatic carbocycles. The number of carbonyl (C=O) groups is 3. The Kier molecular flexibility index (Phi) is 7.76. The van der Waals surface area contributed by atoms with Gasteiger partial charge in [-0.25, -0.2) is 9.18 Å². The molecule has 0 aromatic heterocycles. The normalized spacial score (nSPS) is 19.2. The van der Waals surface area contributed by atoms with Gasteiger partial charge in [-0.15, -0.1) is 0 Å². The van der Waals surface area contributed by atoms with Crippen molar-refractivity contribution in [3.8, 4) is 5.75 Å². The van der Waals surface area contributed by atoms with Gasteiger partial charge in [-0.05, 0) is 47.4 Å². The van der Waals surface area contributed by atoms with Gasteiger partial charge < -0.3 is 19.6 Å². The average molecular weight is 532 g/mol. The molecule has 2 fully saturated rings. The Balaban J connectivity index is 1.33. The number of carbonyl (C=O) groups excluding carboxylic acids is 2. The number of rotatable bonds is 8. The number of nitrogens with zero attached hydrogens (tertiary/aromatic N) is 3. The quantitative estimate of drug-likeness (QED) is 0.476. The van der Waals surface area contributed by atoms with E-state index >= 15 is 0 Å². The number of hydrogen-bond acceptors (Lipinski definition) is 4. The van der Waals surface area contributed by atoms with Crippen LogP contribution < -0.4 is 4.74 Å². The second-order valence-electron chi connectivity index (χ2n) is 9.81. The molecule has 39 heavy (non-hydrogen) atoms. The van der Waals surface area contributed by atoms with Gasteiger partial charge in [0.25, 0.3) is 0 Å². The zero-order valence-electron chi connectivity index (χ0n) is 21.4. The third-order valence-electron chi connectivity index (χ3n) is 7.26. The smallest absolute Gasteiger partial charge is 0.409 e. The fourth-order valence-electron chi connectivity index (χ4n) is 5.25. The molecule has 2 aliphatic rings. The summed E-state index contributed by atoms with van der Waals surface area (Å²) in [5.41, 5.74) is 2.61. The lowest BCUT2D eigenvalue weighted by atomic mass is 9.97. The van der Waals surface area contributed by atoms with E-state index in [1.165, 1.54) is 21.9 Å². The van der Waals surface area contributed by atoms with Crippen LogP contribution in [0, 0.1) is 5.82 Å². The van der Waals surface area contributed by atoms with Gasteiger partial charge in [0, 0.05) is 25.9 Å². The summed E-state index contributed by atoms with van der Waals surface area (Å²) in [6.07, 6.45) is -1.22. The van der Waals surface area contributed by atoms with Crippen molar-refractivity contribution in [2.45, 2.75) is 38.1 Å². The number of ether oxygens (including phenoxy) is 1. The third kappa shape index (κ3) is 6.03. The number of piperazine rings is 1. The van der Waals surface area contributed by atoms with E-state index in [0.29, 0.717) is 18.8 Å². The molecule has 0 radical (unpaired) electrons. The van der Waals surface area contributed by atoms with Crippen molar-refractivity contribution in [2.24, 2.45) is 0 Å². The van der Waals surface area contributed by atoms with Gasteiger partial charge >= 0.3 is 6.09 Å². The highest BCUT2D eigenvalue weighted by Gasteiger charge is 2.48. The van der Waals surface area contributed by atoms with Crippen molar-refractivity contribution in [1.29, 1.82) is 0 Å². The maximum atomic E-state index is 13.7. The first kappa shape index (κ1) is 26.2. The number of benzene rings is 3. The topological polar surface area (TPSA) is 90.4 Å². The van der Waals surface area contributed by atoms with Crippen LogP contribution in [0.2, 0.25) is 0 Å². The van der Waals surface area contributed by atoms with Crippen LogP contribution in [0.4, 0.5) is 9.18 Å². The van der Waals surface area contributed by atoms with Crippen LogP contribution in [-0.2, 0) is 29.0 Å². The van der Waals surface area contributed by atoms with Gasteiger partial charge in [0.2, 0.25) is 11.8 Å². The lowest BCUT2D eigenvalue weighted by Crippen LogP contribution is -2.71. The summed E-state index contributed by atoms with van der Waals surface area (Å²) in [5, 5.41) is 9.82.